The second-order valence-corrected chi connectivity index (χ2v) is 6.56. The lowest BCUT2D eigenvalue weighted by Gasteiger charge is -2.57. The Morgan fingerprint density at radius 3 is 0.714 bits per heavy atom. The number of rotatable bonds is 8. The molecule has 0 radical (unpaired) electrons. The number of halogens is 18. The molecule has 0 spiro atoms. The van der Waals surface area contributed by atoms with Crippen molar-refractivity contribution in [3.05, 3.63) is 0 Å². The van der Waals surface area contributed by atoms with Crippen molar-refractivity contribution in [2.45, 2.75) is 48.3 Å². The minimum atomic E-state index is -7.86. The molecule has 0 aliphatic carbocycles. The first-order chi connectivity index (χ1) is 15.0. The van der Waals surface area contributed by atoms with Crippen molar-refractivity contribution in [3.63, 3.8) is 0 Å². The Morgan fingerprint density at radius 1 is 0.400 bits per heavy atom. The molecule has 0 bridgehead atoms. The maximum absolute atomic E-state index is 13.6. The van der Waals surface area contributed by atoms with Crippen LogP contribution in [0.4, 0.5) is 79.0 Å². The van der Waals surface area contributed by atoms with Crippen LogP contribution in [0.3, 0.4) is 0 Å². The Balaban J connectivity index is 8.17. The van der Waals surface area contributed by atoms with E-state index in [0.29, 0.717) is 0 Å². The van der Waals surface area contributed by atoms with Gasteiger partial charge in [-0.3, -0.25) is 0 Å². The lowest BCUT2D eigenvalue weighted by Crippen LogP contribution is -2.84. The third kappa shape index (κ3) is 5.78. The number of ether oxygens (including phenoxy) is 2. The maximum atomic E-state index is 13.6. The summed E-state index contributed by atoms with van der Waals surface area (Å²) in [7, 11) is 0. The van der Waals surface area contributed by atoms with Crippen molar-refractivity contribution in [2.75, 3.05) is 26.4 Å². The van der Waals surface area contributed by atoms with Crippen LogP contribution in [0.1, 0.15) is 0 Å². The molecule has 0 aliphatic heterocycles. The van der Waals surface area contributed by atoms with Crippen molar-refractivity contribution in [1.29, 1.82) is 0 Å². The molecule has 0 aromatic rings. The van der Waals surface area contributed by atoms with E-state index in [1.54, 1.807) is 0 Å². The lowest BCUT2D eigenvalue weighted by molar-refractivity contribution is -0.500. The van der Waals surface area contributed by atoms with Gasteiger partial charge in [0.15, 0.2) is 0 Å². The summed E-state index contributed by atoms with van der Waals surface area (Å²) in [6, 6.07) is 0. The molecule has 0 aromatic heterocycles. The summed E-state index contributed by atoms with van der Waals surface area (Å²) in [4.78, 5) is 0. The summed E-state index contributed by atoms with van der Waals surface area (Å²) >= 11 is 0. The van der Waals surface area contributed by atoms with Gasteiger partial charge < -0.3 is 19.7 Å². The van der Waals surface area contributed by atoms with Gasteiger partial charge in [-0.2, -0.15) is 79.0 Å². The van der Waals surface area contributed by atoms with E-state index >= 15 is 0 Å². The molecule has 22 heteroatoms. The number of hydrogen-bond donors (Lipinski definition) is 2. The van der Waals surface area contributed by atoms with Gasteiger partial charge in [-0.1, -0.05) is 0 Å². The fourth-order valence-electron chi connectivity index (χ4n) is 3.13. The van der Waals surface area contributed by atoms with Gasteiger partial charge in [0.1, 0.15) is 18.6 Å². The zero-order valence-corrected chi connectivity index (χ0v) is 15.8. The second-order valence-electron chi connectivity index (χ2n) is 6.56. The minimum absolute atomic E-state index is 2.54. The fraction of sp³-hybridized carbons (Fsp3) is 1.00. The number of hydrogen-bond acceptors (Lipinski definition) is 4. The van der Waals surface area contributed by atoms with Crippen LogP contribution in [-0.2, 0) is 9.47 Å². The van der Waals surface area contributed by atoms with E-state index in [1.807, 2.05) is 0 Å². The Morgan fingerprint density at radius 2 is 0.600 bits per heavy atom. The van der Waals surface area contributed by atoms with Crippen LogP contribution in [0.15, 0.2) is 0 Å². The number of aliphatic hydroxyl groups is 2. The van der Waals surface area contributed by atoms with E-state index < -0.39 is 80.1 Å². The molecule has 0 amide bonds. The van der Waals surface area contributed by atoms with Crippen molar-refractivity contribution >= 4 is 0 Å². The monoisotopic (exact) mass is 572 g/mol. The average molecular weight is 572 g/mol. The van der Waals surface area contributed by atoms with Gasteiger partial charge in [0.25, 0.3) is 11.2 Å². The summed E-state index contributed by atoms with van der Waals surface area (Å²) in [5.41, 5.74) is -21.6. The highest BCUT2D eigenvalue weighted by Gasteiger charge is 2.94. The maximum Gasteiger partial charge on any atom is 0.427 e. The van der Waals surface area contributed by atoms with Crippen LogP contribution >= 0.6 is 0 Å². The molecular weight excluding hydrogens is 562 g/mol. The predicted molar refractivity (Wildman–Crippen MR) is 70.3 cm³/mol. The van der Waals surface area contributed by atoms with Crippen LogP contribution in [0.5, 0.6) is 0 Å². The first-order valence-corrected chi connectivity index (χ1v) is 7.93. The van der Waals surface area contributed by atoms with E-state index in [1.165, 1.54) is 0 Å². The Labute approximate surface area is 180 Å². The molecule has 0 saturated carbocycles. The zero-order chi connectivity index (χ0) is 28.7. The Kier molecular flexibility index (Phi) is 9.08. The van der Waals surface area contributed by atoms with E-state index in [2.05, 4.69) is 9.47 Å². The first kappa shape index (κ1) is 33.6. The molecule has 0 heterocycles. The summed E-state index contributed by atoms with van der Waals surface area (Å²) in [5.74, 6) is 0. The van der Waals surface area contributed by atoms with E-state index in [4.69, 9.17) is 10.2 Å². The first-order valence-electron chi connectivity index (χ1n) is 7.93. The normalized spacial score (nSPS) is 16.1. The summed E-state index contributed by atoms with van der Waals surface area (Å²) in [5, 5.41) is 18.2. The topological polar surface area (TPSA) is 58.9 Å². The summed E-state index contributed by atoms with van der Waals surface area (Å²) < 4.78 is 243. The lowest BCUT2D eigenvalue weighted by atomic mass is 9.59. The van der Waals surface area contributed by atoms with Crippen LogP contribution in [-0.4, -0.2) is 84.9 Å². The fourth-order valence-corrected chi connectivity index (χ4v) is 3.13. The third-order valence-electron chi connectivity index (χ3n) is 4.39. The van der Waals surface area contributed by atoms with Gasteiger partial charge in [0, 0.05) is 0 Å². The zero-order valence-electron chi connectivity index (χ0n) is 15.8. The third-order valence-corrected chi connectivity index (χ3v) is 4.39. The molecule has 0 aromatic carbocycles. The molecule has 0 aliphatic rings. The average Bonchev–Trinajstić information content (AvgIpc) is 2.53. The molecule has 4 nitrogen and oxygen atoms in total. The molecule has 35 heavy (non-hydrogen) atoms. The quantitative estimate of drug-likeness (QED) is 0.409. The van der Waals surface area contributed by atoms with Gasteiger partial charge >= 0.3 is 37.1 Å². The summed E-state index contributed by atoms with van der Waals surface area (Å²) in [6.45, 7) is -15.6. The minimum Gasteiger partial charge on any atom is -0.395 e. The van der Waals surface area contributed by atoms with E-state index in [-0.39, 0.29) is 0 Å². The molecule has 2 N–H and O–H groups in total. The van der Waals surface area contributed by atoms with Crippen molar-refractivity contribution in [3.8, 4) is 0 Å². The smallest absolute Gasteiger partial charge is 0.395 e. The van der Waals surface area contributed by atoms with Gasteiger partial charge in [0.2, 0.25) is 0 Å². The van der Waals surface area contributed by atoms with Crippen LogP contribution < -0.4 is 0 Å². The predicted octanol–water partition coefficient (Wildman–Crippen LogP) is 4.84. The molecule has 0 unspecified atom stereocenters. The molecule has 212 valence electrons. The van der Waals surface area contributed by atoms with Gasteiger partial charge in [-0.05, 0) is 0 Å². The van der Waals surface area contributed by atoms with E-state index in [9.17, 15) is 79.0 Å². The van der Waals surface area contributed by atoms with Crippen molar-refractivity contribution < 1.29 is 98.7 Å². The highest BCUT2D eigenvalue weighted by atomic mass is 19.4. The largest absolute Gasteiger partial charge is 0.427 e. The number of alkyl halides is 18. The van der Waals surface area contributed by atoms with Gasteiger partial charge in [-0.15, -0.1) is 0 Å². The van der Waals surface area contributed by atoms with Crippen LogP contribution in [0, 0.1) is 5.41 Å². The number of aliphatic hydroxyl groups excluding tert-OH is 2. The molecule has 0 rings (SSSR count). The molecule has 0 atom stereocenters. The highest BCUT2D eigenvalue weighted by molar-refractivity contribution is 5.23. The Hall–Kier alpha value is -1.42. The summed E-state index contributed by atoms with van der Waals surface area (Å²) in [6.07, 6.45) is -44.1. The van der Waals surface area contributed by atoms with Crippen LogP contribution in [0.25, 0.3) is 0 Å². The SMILES string of the molecule is OCC(CO)(C(OCC(F)(F)F)(C(F)(F)F)C(F)(F)F)C(OCC(F)(F)F)(C(F)(F)F)C(F)(F)F. The highest BCUT2D eigenvalue weighted by Crippen LogP contribution is 2.67. The van der Waals surface area contributed by atoms with Gasteiger partial charge in [-0.25, -0.2) is 0 Å². The van der Waals surface area contributed by atoms with Crippen molar-refractivity contribution in [1.82, 2.24) is 0 Å². The van der Waals surface area contributed by atoms with Crippen molar-refractivity contribution in [2.24, 2.45) is 5.41 Å². The van der Waals surface area contributed by atoms with Crippen LogP contribution in [0.2, 0.25) is 0 Å². The Bertz CT molecular complexity index is 606. The van der Waals surface area contributed by atoms with E-state index in [0.717, 1.165) is 0 Å². The standard InChI is InChI=1S/C13H10F18O4/c14-6(15,16)3-34-8(10(20,21)22,11(23,24)25)5(1-32,2-33)9(12(26,27)28,13(29,30)31)35-4-7(17,18)19/h32-33H,1-4H2. The second kappa shape index (κ2) is 9.47. The molecule has 0 fully saturated rings. The molecular formula is C13H10F18O4. The van der Waals surface area contributed by atoms with Gasteiger partial charge in [0.05, 0.1) is 13.2 Å². The molecule has 0 saturated heterocycles.